The van der Waals surface area contributed by atoms with Crippen LogP contribution in [0.15, 0.2) is 36.4 Å². The molecular formula is C13H17NO2. The van der Waals surface area contributed by atoms with Crippen LogP contribution >= 0.6 is 0 Å². The molecule has 0 unspecified atom stereocenters. The number of rotatable bonds is 5. The van der Waals surface area contributed by atoms with E-state index < -0.39 is 0 Å². The first-order valence-electron chi connectivity index (χ1n) is 5.14. The number of carbonyl (C=O) groups is 1. The highest BCUT2D eigenvalue weighted by atomic mass is 16.5. The van der Waals surface area contributed by atoms with Gasteiger partial charge in [-0.2, -0.15) is 0 Å². The summed E-state index contributed by atoms with van der Waals surface area (Å²) in [6.45, 7) is 6.63. The Hall–Kier alpha value is -1.61. The summed E-state index contributed by atoms with van der Waals surface area (Å²) in [7, 11) is 1.63. The zero-order valence-electron chi connectivity index (χ0n) is 9.75. The fraction of sp³-hybridized carbons (Fsp3) is 0.308. The van der Waals surface area contributed by atoms with Gasteiger partial charge in [-0.15, -0.1) is 0 Å². The predicted octanol–water partition coefficient (Wildman–Crippen LogP) is 2.14. The molecule has 1 aromatic rings. The van der Waals surface area contributed by atoms with Gasteiger partial charge in [0.1, 0.15) is 0 Å². The van der Waals surface area contributed by atoms with Crippen LogP contribution in [-0.2, 0) is 11.3 Å². The summed E-state index contributed by atoms with van der Waals surface area (Å²) in [5.41, 5.74) is 2.57. The predicted molar refractivity (Wildman–Crippen MR) is 64.3 cm³/mol. The normalized spacial score (nSPS) is 9.88. The largest absolute Gasteiger partial charge is 0.380 e. The summed E-state index contributed by atoms with van der Waals surface area (Å²) < 4.78 is 5.01. The van der Waals surface area contributed by atoms with E-state index in [9.17, 15) is 4.79 Å². The first-order chi connectivity index (χ1) is 7.63. The SMILES string of the molecule is C=C(C)CNC(=O)c1cccc(COC)c1. The molecule has 1 N–H and O–H groups in total. The van der Waals surface area contributed by atoms with Crippen LogP contribution in [0.1, 0.15) is 22.8 Å². The number of benzene rings is 1. The molecule has 0 saturated carbocycles. The first-order valence-corrected chi connectivity index (χ1v) is 5.14. The van der Waals surface area contributed by atoms with Gasteiger partial charge in [-0.25, -0.2) is 0 Å². The third-order valence-electron chi connectivity index (χ3n) is 2.05. The fourth-order valence-electron chi connectivity index (χ4n) is 1.30. The van der Waals surface area contributed by atoms with Crippen LogP contribution in [0.2, 0.25) is 0 Å². The molecule has 0 aliphatic heterocycles. The van der Waals surface area contributed by atoms with Crippen molar-refractivity contribution in [2.24, 2.45) is 0 Å². The van der Waals surface area contributed by atoms with E-state index in [4.69, 9.17) is 4.74 Å². The van der Waals surface area contributed by atoms with Crippen molar-refractivity contribution in [2.45, 2.75) is 13.5 Å². The quantitative estimate of drug-likeness (QED) is 0.770. The summed E-state index contributed by atoms with van der Waals surface area (Å²) in [4.78, 5) is 11.7. The number of methoxy groups -OCH3 is 1. The lowest BCUT2D eigenvalue weighted by Gasteiger charge is -2.06. The molecule has 0 aromatic heterocycles. The van der Waals surface area contributed by atoms with Gasteiger partial charge in [0, 0.05) is 19.2 Å². The zero-order chi connectivity index (χ0) is 12.0. The minimum atomic E-state index is -0.0825. The summed E-state index contributed by atoms with van der Waals surface area (Å²) in [5, 5.41) is 2.79. The summed E-state index contributed by atoms with van der Waals surface area (Å²) in [6, 6.07) is 7.40. The smallest absolute Gasteiger partial charge is 0.251 e. The molecule has 0 aliphatic rings. The van der Waals surface area contributed by atoms with E-state index in [2.05, 4.69) is 11.9 Å². The Morgan fingerprint density at radius 2 is 2.25 bits per heavy atom. The third-order valence-corrected chi connectivity index (χ3v) is 2.05. The second-order valence-electron chi connectivity index (χ2n) is 3.77. The van der Waals surface area contributed by atoms with Crippen molar-refractivity contribution in [3.8, 4) is 0 Å². The molecule has 86 valence electrons. The van der Waals surface area contributed by atoms with E-state index in [1.54, 1.807) is 13.2 Å². The Kier molecular flexibility index (Phi) is 4.73. The van der Waals surface area contributed by atoms with Gasteiger partial charge in [0.05, 0.1) is 6.61 Å². The minimum absolute atomic E-state index is 0.0825. The molecule has 0 spiro atoms. The van der Waals surface area contributed by atoms with Crippen molar-refractivity contribution in [3.05, 3.63) is 47.5 Å². The maximum atomic E-state index is 11.7. The van der Waals surface area contributed by atoms with Gasteiger partial charge >= 0.3 is 0 Å². The molecule has 0 bridgehead atoms. The molecule has 0 fully saturated rings. The van der Waals surface area contributed by atoms with Crippen LogP contribution in [0.5, 0.6) is 0 Å². The maximum absolute atomic E-state index is 11.7. The molecule has 0 saturated heterocycles. The number of hydrogen-bond donors (Lipinski definition) is 1. The van der Waals surface area contributed by atoms with Crippen molar-refractivity contribution in [1.29, 1.82) is 0 Å². The Labute approximate surface area is 96.1 Å². The van der Waals surface area contributed by atoms with Gasteiger partial charge in [-0.1, -0.05) is 24.3 Å². The number of amides is 1. The first kappa shape index (κ1) is 12.5. The van der Waals surface area contributed by atoms with Crippen LogP contribution in [0.4, 0.5) is 0 Å². The third kappa shape index (κ3) is 3.87. The second kappa shape index (κ2) is 6.08. The Balaban J connectivity index is 2.67. The standard InChI is InChI=1S/C13H17NO2/c1-10(2)8-14-13(15)12-6-4-5-11(7-12)9-16-3/h4-7H,1,8-9H2,2-3H3,(H,14,15). The molecule has 1 amide bonds. The molecule has 3 heteroatoms. The highest BCUT2D eigenvalue weighted by Gasteiger charge is 2.05. The van der Waals surface area contributed by atoms with E-state index >= 15 is 0 Å². The van der Waals surface area contributed by atoms with E-state index in [-0.39, 0.29) is 5.91 Å². The van der Waals surface area contributed by atoms with Crippen LogP contribution in [0.25, 0.3) is 0 Å². The van der Waals surface area contributed by atoms with Crippen molar-refractivity contribution in [1.82, 2.24) is 5.32 Å². The molecule has 3 nitrogen and oxygen atoms in total. The monoisotopic (exact) mass is 219 g/mol. The molecule has 0 heterocycles. The lowest BCUT2D eigenvalue weighted by molar-refractivity contribution is 0.0956. The van der Waals surface area contributed by atoms with Crippen LogP contribution in [0.3, 0.4) is 0 Å². The van der Waals surface area contributed by atoms with E-state index in [0.717, 1.165) is 11.1 Å². The number of ether oxygens (including phenoxy) is 1. The maximum Gasteiger partial charge on any atom is 0.251 e. The van der Waals surface area contributed by atoms with Crippen molar-refractivity contribution >= 4 is 5.91 Å². The van der Waals surface area contributed by atoms with Crippen LogP contribution < -0.4 is 5.32 Å². The Morgan fingerprint density at radius 1 is 1.50 bits per heavy atom. The summed E-state index contributed by atoms with van der Waals surface area (Å²) in [6.07, 6.45) is 0. The lowest BCUT2D eigenvalue weighted by Crippen LogP contribution is -2.24. The van der Waals surface area contributed by atoms with Crippen LogP contribution in [0, 0.1) is 0 Å². The fourth-order valence-corrected chi connectivity index (χ4v) is 1.30. The molecular weight excluding hydrogens is 202 g/mol. The summed E-state index contributed by atoms with van der Waals surface area (Å²) in [5.74, 6) is -0.0825. The van der Waals surface area contributed by atoms with E-state index in [1.807, 2.05) is 25.1 Å². The van der Waals surface area contributed by atoms with Crippen LogP contribution in [-0.4, -0.2) is 19.6 Å². The zero-order valence-corrected chi connectivity index (χ0v) is 9.75. The lowest BCUT2D eigenvalue weighted by atomic mass is 10.1. The Bertz CT molecular complexity index is 385. The molecule has 0 radical (unpaired) electrons. The molecule has 0 aliphatic carbocycles. The van der Waals surface area contributed by atoms with Gasteiger partial charge in [-0.3, -0.25) is 4.79 Å². The van der Waals surface area contributed by atoms with Gasteiger partial charge < -0.3 is 10.1 Å². The number of hydrogen-bond acceptors (Lipinski definition) is 2. The van der Waals surface area contributed by atoms with Gasteiger partial charge in [0.2, 0.25) is 0 Å². The van der Waals surface area contributed by atoms with Gasteiger partial charge in [0.15, 0.2) is 0 Å². The molecule has 16 heavy (non-hydrogen) atoms. The molecule has 1 rings (SSSR count). The minimum Gasteiger partial charge on any atom is -0.380 e. The van der Waals surface area contributed by atoms with Gasteiger partial charge in [0.25, 0.3) is 5.91 Å². The van der Waals surface area contributed by atoms with E-state index in [0.29, 0.717) is 18.7 Å². The van der Waals surface area contributed by atoms with Crippen molar-refractivity contribution in [2.75, 3.05) is 13.7 Å². The number of carbonyl (C=O) groups excluding carboxylic acids is 1. The average Bonchev–Trinajstić information content (AvgIpc) is 2.26. The van der Waals surface area contributed by atoms with Crippen molar-refractivity contribution in [3.63, 3.8) is 0 Å². The van der Waals surface area contributed by atoms with Gasteiger partial charge in [-0.05, 0) is 24.6 Å². The second-order valence-corrected chi connectivity index (χ2v) is 3.77. The van der Waals surface area contributed by atoms with E-state index in [1.165, 1.54) is 0 Å². The number of nitrogens with one attached hydrogen (secondary N) is 1. The highest BCUT2D eigenvalue weighted by molar-refractivity contribution is 5.94. The molecule has 1 aromatic carbocycles. The van der Waals surface area contributed by atoms with Crippen molar-refractivity contribution < 1.29 is 9.53 Å². The molecule has 0 atom stereocenters. The highest BCUT2D eigenvalue weighted by Crippen LogP contribution is 2.06. The average molecular weight is 219 g/mol. The summed E-state index contributed by atoms with van der Waals surface area (Å²) >= 11 is 0. The Morgan fingerprint density at radius 3 is 2.88 bits per heavy atom. The topological polar surface area (TPSA) is 38.3 Å².